The SMILES string of the molecule is CCN(C[C@H]1CCNC1)C(=O)OC(C)(C)C. The molecule has 0 spiro atoms. The maximum Gasteiger partial charge on any atom is 0.410 e. The van der Waals surface area contributed by atoms with Gasteiger partial charge in [0.05, 0.1) is 0 Å². The summed E-state index contributed by atoms with van der Waals surface area (Å²) < 4.78 is 5.37. The minimum Gasteiger partial charge on any atom is -0.444 e. The zero-order chi connectivity index (χ0) is 12.2. The second kappa shape index (κ2) is 5.53. The molecule has 0 aromatic rings. The maximum absolute atomic E-state index is 11.9. The summed E-state index contributed by atoms with van der Waals surface area (Å²) in [6.07, 6.45) is 0.959. The number of carbonyl (C=O) groups excluding carboxylic acids is 1. The van der Waals surface area contributed by atoms with Gasteiger partial charge in [0.25, 0.3) is 0 Å². The van der Waals surface area contributed by atoms with E-state index in [1.165, 1.54) is 0 Å². The number of nitrogens with zero attached hydrogens (tertiary/aromatic N) is 1. The van der Waals surface area contributed by atoms with Crippen molar-refractivity contribution < 1.29 is 9.53 Å². The highest BCUT2D eigenvalue weighted by Crippen LogP contribution is 2.14. The molecule has 1 aliphatic heterocycles. The zero-order valence-corrected chi connectivity index (χ0v) is 10.9. The van der Waals surface area contributed by atoms with Crippen LogP contribution in [-0.2, 0) is 4.74 Å². The van der Waals surface area contributed by atoms with Crippen molar-refractivity contribution in [2.75, 3.05) is 26.2 Å². The lowest BCUT2D eigenvalue weighted by Crippen LogP contribution is -2.39. The van der Waals surface area contributed by atoms with Crippen LogP contribution >= 0.6 is 0 Å². The molecule has 0 aliphatic carbocycles. The Labute approximate surface area is 98.3 Å². The van der Waals surface area contributed by atoms with Gasteiger partial charge in [0.15, 0.2) is 0 Å². The molecule has 1 atom stereocenters. The monoisotopic (exact) mass is 228 g/mol. The molecule has 4 heteroatoms. The fourth-order valence-corrected chi connectivity index (χ4v) is 1.84. The van der Waals surface area contributed by atoms with Gasteiger partial charge < -0.3 is 15.0 Å². The van der Waals surface area contributed by atoms with Crippen LogP contribution in [0.3, 0.4) is 0 Å². The predicted octanol–water partition coefficient (Wildman–Crippen LogP) is 1.85. The Bertz CT molecular complexity index is 230. The molecular weight excluding hydrogens is 204 g/mol. The topological polar surface area (TPSA) is 41.6 Å². The number of amides is 1. The lowest BCUT2D eigenvalue weighted by atomic mass is 10.1. The van der Waals surface area contributed by atoms with E-state index < -0.39 is 5.60 Å². The summed E-state index contributed by atoms with van der Waals surface area (Å²) >= 11 is 0. The maximum atomic E-state index is 11.9. The van der Waals surface area contributed by atoms with Gasteiger partial charge in [0.1, 0.15) is 5.60 Å². The summed E-state index contributed by atoms with van der Waals surface area (Å²) in [5.74, 6) is 0.576. The Morgan fingerprint density at radius 2 is 2.19 bits per heavy atom. The van der Waals surface area contributed by atoms with Gasteiger partial charge in [-0.05, 0) is 53.1 Å². The molecule has 0 radical (unpaired) electrons. The average Bonchev–Trinajstić information content (AvgIpc) is 2.63. The van der Waals surface area contributed by atoms with Gasteiger partial charge in [-0.1, -0.05) is 0 Å². The summed E-state index contributed by atoms with van der Waals surface area (Å²) in [5.41, 5.74) is -0.404. The second-order valence-corrected chi connectivity index (χ2v) is 5.38. The highest BCUT2D eigenvalue weighted by atomic mass is 16.6. The Morgan fingerprint density at radius 1 is 1.50 bits per heavy atom. The Kier molecular flexibility index (Phi) is 4.59. The Hall–Kier alpha value is -0.770. The molecule has 94 valence electrons. The van der Waals surface area contributed by atoms with Crippen molar-refractivity contribution in [1.29, 1.82) is 0 Å². The second-order valence-electron chi connectivity index (χ2n) is 5.38. The Morgan fingerprint density at radius 3 is 2.62 bits per heavy atom. The molecule has 0 aromatic heterocycles. The molecule has 0 unspecified atom stereocenters. The third-order valence-electron chi connectivity index (χ3n) is 2.67. The summed E-state index contributed by atoms with van der Waals surface area (Å²) in [5, 5.41) is 3.31. The molecule has 0 saturated carbocycles. The van der Waals surface area contributed by atoms with E-state index >= 15 is 0 Å². The molecule has 4 nitrogen and oxygen atoms in total. The van der Waals surface area contributed by atoms with Gasteiger partial charge >= 0.3 is 6.09 Å². The summed E-state index contributed by atoms with van der Waals surface area (Å²) in [6, 6.07) is 0. The minimum atomic E-state index is -0.404. The van der Waals surface area contributed by atoms with Crippen LogP contribution in [0.5, 0.6) is 0 Å². The standard InChI is InChI=1S/C12H24N2O2/c1-5-14(9-10-6-7-13-8-10)11(15)16-12(2,3)4/h10,13H,5-9H2,1-4H3/t10-/m0/s1. The van der Waals surface area contributed by atoms with E-state index in [2.05, 4.69) is 5.32 Å². The third-order valence-corrected chi connectivity index (χ3v) is 2.67. The molecule has 16 heavy (non-hydrogen) atoms. The van der Waals surface area contributed by atoms with Gasteiger partial charge in [-0.15, -0.1) is 0 Å². The molecular formula is C12H24N2O2. The van der Waals surface area contributed by atoms with Crippen LogP contribution in [-0.4, -0.2) is 42.8 Å². The first-order chi connectivity index (χ1) is 7.42. The van der Waals surface area contributed by atoms with E-state index in [0.717, 1.165) is 26.1 Å². The van der Waals surface area contributed by atoms with Crippen molar-refractivity contribution >= 4 is 6.09 Å². The van der Waals surface area contributed by atoms with Gasteiger partial charge in [0.2, 0.25) is 0 Å². The molecule has 1 fully saturated rings. The molecule has 1 rings (SSSR count). The van der Waals surface area contributed by atoms with E-state index in [1.54, 1.807) is 4.90 Å². The largest absolute Gasteiger partial charge is 0.444 e. The number of ether oxygens (including phenoxy) is 1. The first-order valence-electron chi connectivity index (χ1n) is 6.11. The van der Waals surface area contributed by atoms with Crippen molar-refractivity contribution in [2.24, 2.45) is 5.92 Å². The van der Waals surface area contributed by atoms with E-state index in [9.17, 15) is 4.79 Å². The van der Waals surface area contributed by atoms with E-state index in [0.29, 0.717) is 12.5 Å². The number of carbonyl (C=O) groups is 1. The van der Waals surface area contributed by atoms with Gasteiger partial charge in [-0.2, -0.15) is 0 Å². The molecule has 1 N–H and O–H groups in total. The van der Waals surface area contributed by atoms with Crippen molar-refractivity contribution in [3.8, 4) is 0 Å². The summed E-state index contributed by atoms with van der Waals surface area (Å²) in [4.78, 5) is 13.7. The lowest BCUT2D eigenvalue weighted by Gasteiger charge is -2.28. The molecule has 0 aromatic carbocycles. The highest BCUT2D eigenvalue weighted by Gasteiger charge is 2.24. The van der Waals surface area contributed by atoms with E-state index in [4.69, 9.17) is 4.74 Å². The highest BCUT2D eigenvalue weighted by molar-refractivity contribution is 5.68. The van der Waals surface area contributed by atoms with Crippen LogP contribution in [0.1, 0.15) is 34.1 Å². The number of nitrogens with one attached hydrogen (secondary N) is 1. The minimum absolute atomic E-state index is 0.193. The normalized spacial score (nSPS) is 20.9. The number of hydrogen-bond donors (Lipinski definition) is 1. The van der Waals surface area contributed by atoms with Gasteiger partial charge in [-0.3, -0.25) is 0 Å². The van der Waals surface area contributed by atoms with Crippen molar-refractivity contribution in [3.63, 3.8) is 0 Å². The van der Waals surface area contributed by atoms with Gasteiger partial charge in [-0.25, -0.2) is 4.79 Å². The van der Waals surface area contributed by atoms with Crippen LogP contribution in [0.15, 0.2) is 0 Å². The van der Waals surface area contributed by atoms with Crippen LogP contribution < -0.4 is 5.32 Å². The molecule has 0 bridgehead atoms. The molecule has 1 heterocycles. The van der Waals surface area contributed by atoms with Crippen LogP contribution in [0.4, 0.5) is 4.79 Å². The molecule has 1 aliphatic rings. The molecule has 1 amide bonds. The molecule has 1 saturated heterocycles. The third kappa shape index (κ3) is 4.39. The van der Waals surface area contributed by atoms with Gasteiger partial charge in [0, 0.05) is 13.1 Å². The lowest BCUT2D eigenvalue weighted by molar-refractivity contribution is 0.0236. The van der Waals surface area contributed by atoms with Crippen molar-refractivity contribution in [1.82, 2.24) is 10.2 Å². The fraction of sp³-hybridized carbons (Fsp3) is 0.917. The average molecular weight is 228 g/mol. The summed E-state index contributed by atoms with van der Waals surface area (Å²) in [6.45, 7) is 11.3. The smallest absolute Gasteiger partial charge is 0.410 e. The number of rotatable bonds is 3. The Balaban J connectivity index is 2.43. The van der Waals surface area contributed by atoms with Crippen LogP contribution in [0.2, 0.25) is 0 Å². The zero-order valence-electron chi connectivity index (χ0n) is 10.9. The first-order valence-corrected chi connectivity index (χ1v) is 6.11. The van der Waals surface area contributed by atoms with E-state index in [-0.39, 0.29) is 6.09 Å². The van der Waals surface area contributed by atoms with E-state index in [1.807, 2.05) is 27.7 Å². The predicted molar refractivity (Wildman–Crippen MR) is 64.5 cm³/mol. The first kappa shape index (κ1) is 13.3. The fourth-order valence-electron chi connectivity index (χ4n) is 1.84. The number of hydrogen-bond acceptors (Lipinski definition) is 3. The quantitative estimate of drug-likeness (QED) is 0.801. The van der Waals surface area contributed by atoms with Crippen molar-refractivity contribution in [3.05, 3.63) is 0 Å². The van der Waals surface area contributed by atoms with Crippen LogP contribution in [0, 0.1) is 5.92 Å². The van der Waals surface area contributed by atoms with Crippen molar-refractivity contribution in [2.45, 2.75) is 39.7 Å². The van der Waals surface area contributed by atoms with Crippen LogP contribution in [0.25, 0.3) is 0 Å². The summed E-state index contributed by atoms with van der Waals surface area (Å²) in [7, 11) is 0.